The summed E-state index contributed by atoms with van der Waals surface area (Å²) < 4.78 is 19.3. The lowest BCUT2D eigenvalue weighted by atomic mass is 10.1. The van der Waals surface area contributed by atoms with Crippen LogP contribution in [0.15, 0.2) is 27.4 Å². The van der Waals surface area contributed by atoms with Crippen LogP contribution in [0.3, 0.4) is 0 Å². The van der Waals surface area contributed by atoms with Crippen LogP contribution < -0.4 is 11.2 Å². The van der Waals surface area contributed by atoms with Gasteiger partial charge in [-0.05, 0) is 40.2 Å². The van der Waals surface area contributed by atoms with E-state index in [2.05, 4.69) is 4.98 Å². The molecule has 7 nitrogen and oxygen atoms in total. The van der Waals surface area contributed by atoms with E-state index >= 15 is 0 Å². The topological polar surface area (TPSA) is 82.6 Å². The maximum absolute atomic E-state index is 12.2. The van der Waals surface area contributed by atoms with Gasteiger partial charge >= 0.3 is 5.69 Å². The number of nitrogens with one attached hydrogen (secondary N) is 1. The lowest BCUT2D eigenvalue weighted by Crippen LogP contribution is -2.37. The van der Waals surface area contributed by atoms with Crippen LogP contribution in [0.25, 0.3) is 0 Å². The van der Waals surface area contributed by atoms with Crippen molar-refractivity contribution in [1.29, 1.82) is 0 Å². The second kappa shape index (κ2) is 6.09. The van der Waals surface area contributed by atoms with Gasteiger partial charge in [-0.15, -0.1) is 0 Å². The van der Waals surface area contributed by atoms with Crippen LogP contribution in [-0.4, -0.2) is 39.8 Å². The molecule has 0 aromatic carbocycles. The first-order chi connectivity index (χ1) is 11.5. The van der Waals surface area contributed by atoms with E-state index in [0.29, 0.717) is 6.61 Å². The summed E-state index contributed by atoms with van der Waals surface area (Å²) in [7, 11) is 0. The predicted octanol–water partition coefficient (Wildman–Crippen LogP) is 2.01. The van der Waals surface area contributed by atoms with Crippen molar-refractivity contribution in [2.75, 3.05) is 6.61 Å². The Morgan fingerprint density at radius 1 is 1.32 bits per heavy atom. The molecule has 0 amide bonds. The van der Waals surface area contributed by atoms with Crippen molar-refractivity contribution in [3.63, 3.8) is 0 Å². The summed E-state index contributed by atoms with van der Waals surface area (Å²) in [5.41, 5.74) is -0.547. The van der Waals surface area contributed by atoms with Gasteiger partial charge in [0.1, 0.15) is 17.2 Å². The number of hydrogen-bond donors (Lipinski definition) is 1. The summed E-state index contributed by atoms with van der Waals surface area (Å²) in [4.78, 5) is 26.0. The third-order valence-electron chi connectivity index (χ3n) is 4.13. The van der Waals surface area contributed by atoms with Crippen molar-refractivity contribution in [3.8, 4) is 0 Å². The number of nitrogens with zero attached hydrogens (tertiary/aromatic N) is 1. The third kappa shape index (κ3) is 3.74. The molecule has 138 valence electrons. The summed E-state index contributed by atoms with van der Waals surface area (Å²) in [5, 5.41) is -0.0536. The van der Waals surface area contributed by atoms with E-state index in [0.717, 1.165) is 5.57 Å². The van der Waals surface area contributed by atoms with Gasteiger partial charge in [0.25, 0.3) is 5.56 Å². The highest BCUT2D eigenvalue weighted by molar-refractivity contribution is 6.30. The molecule has 3 atom stereocenters. The normalized spacial score (nSPS) is 28.1. The molecule has 0 bridgehead atoms. The van der Waals surface area contributed by atoms with Crippen LogP contribution in [0, 0.1) is 0 Å². The largest absolute Gasteiger partial charge is 0.371 e. The van der Waals surface area contributed by atoms with E-state index in [1.165, 1.54) is 10.8 Å². The number of aromatic nitrogens is 2. The second-order valence-electron chi connectivity index (χ2n) is 7.80. The van der Waals surface area contributed by atoms with Gasteiger partial charge in [0, 0.05) is 6.20 Å². The molecule has 1 N–H and O–H groups in total. The quantitative estimate of drug-likeness (QED) is 0.823. The monoisotopic (exact) mass is 370 g/mol. The number of hydrogen-bond acceptors (Lipinski definition) is 5. The Labute approximate surface area is 150 Å². The van der Waals surface area contributed by atoms with E-state index in [1.54, 1.807) is 0 Å². The highest BCUT2D eigenvalue weighted by Crippen LogP contribution is 2.43. The van der Waals surface area contributed by atoms with Crippen LogP contribution in [-0.2, 0) is 14.2 Å². The molecule has 1 aromatic rings. The zero-order chi connectivity index (χ0) is 18.6. The molecule has 8 heteroatoms. The highest BCUT2D eigenvalue weighted by atomic mass is 35.5. The molecule has 1 aliphatic heterocycles. The Morgan fingerprint density at radius 3 is 2.64 bits per heavy atom. The Morgan fingerprint density at radius 2 is 2.00 bits per heavy atom. The standard InChI is InChI=1S/C17H23ClN2O5/c1-16(2,3)23-8-9-6-11(13-12(9)24-17(4,5)25-13)20-7-10(18)14(21)19-15(20)22/h6-7,11-13H,8H2,1-5H3,(H,19,21,22)/t11-,12-,13+/m1/s1. The average Bonchev–Trinajstić information content (AvgIpc) is 2.93. The van der Waals surface area contributed by atoms with Gasteiger partial charge < -0.3 is 14.2 Å². The number of H-pyrrole nitrogens is 1. The van der Waals surface area contributed by atoms with E-state index in [-0.39, 0.29) is 16.7 Å². The van der Waals surface area contributed by atoms with E-state index in [4.69, 9.17) is 25.8 Å². The minimum atomic E-state index is -0.773. The summed E-state index contributed by atoms with van der Waals surface area (Å²) in [6, 6.07) is -0.438. The summed E-state index contributed by atoms with van der Waals surface area (Å²) in [6.45, 7) is 9.94. The van der Waals surface area contributed by atoms with Crippen LogP contribution in [0.2, 0.25) is 5.02 Å². The van der Waals surface area contributed by atoms with Crippen molar-refractivity contribution in [2.45, 2.75) is 64.3 Å². The summed E-state index contributed by atoms with van der Waals surface area (Å²) in [5.74, 6) is -0.773. The van der Waals surface area contributed by atoms with Gasteiger partial charge in [-0.25, -0.2) is 4.79 Å². The zero-order valence-electron chi connectivity index (χ0n) is 15.0. The molecule has 2 heterocycles. The van der Waals surface area contributed by atoms with E-state index in [9.17, 15) is 9.59 Å². The molecule has 1 aromatic heterocycles. The zero-order valence-corrected chi connectivity index (χ0v) is 15.7. The lowest BCUT2D eigenvalue weighted by Gasteiger charge is -2.23. The van der Waals surface area contributed by atoms with Gasteiger partial charge in [0.15, 0.2) is 5.79 Å². The molecule has 0 saturated carbocycles. The summed E-state index contributed by atoms with van der Waals surface area (Å²) in [6.07, 6.45) is 2.52. The molecule has 0 unspecified atom stereocenters. The summed E-state index contributed by atoms with van der Waals surface area (Å²) >= 11 is 5.90. The van der Waals surface area contributed by atoms with Gasteiger partial charge in [-0.3, -0.25) is 14.3 Å². The van der Waals surface area contributed by atoms with E-state index in [1.807, 2.05) is 40.7 Å². The van der Waals surface area contributed by atoms with Crippen LogP contribution in [0.5, 0.6) is 0 Å². The van der Waals surface area contributed by atoms with Crippen molar-refractivity contribution in [3.05, 3.63) is 43.7 Å². The molecular formula is C17H23ClN2O5. The molecule has 25 heavy (non-hydrogen) atoms. The maximum atomic E-state index is 12.2. The lowest BCUT2D eigenvalue weighted by molar-refractivity contribution is -0.148. The van der Waals surface area contributed by atoms with Gasteiger partial charge in [0.2, 0.25) is 0 Å². The van der Waals surface area contributed by atoms with Gasteiger partial charge in [0.05, 0.1) is 18.2 Å². The number of ether oxygens (including phenoxy) is 3. The van der Waals surface area contributed by atoms with Crippen molar-refractivity contribution >= 4 is 11.6 Å². The first-order valence-electron chi connectivity index (χ1n) is 8.18. The molecule has 0 spiro atoms. The smallest absolute Gasteiger partial charge is 0.329 e. The van der Waals surface area contributed by atoms with E-state index < -0.39 is 29.2 Å². The average molecular weight is 371 g/mol. The third-order valence-corrected chi connectivity index (χ3v) is 4.40. The number of fused-ring (bicyclic) bond motifs is 1. The first kappa shape index (κ1) is 18.4. The van der Waals surface area contributed by atoms with Crippen molar-refractivity contribution < 1.29 is 14.2 Å². The van der Waals surface area contributed by atoms with Crippen molar-refractivity contribution in [2.24, 2.45) is 0 Å². The van der Waals surface area contributed by atoms with Crippen LogP contribution >= 0.6 is 11.6 Å². The fraction of sp³-hybridized carbons (Fsp3) is 0.647. The Balaban J connectivity index is 1.98. The fourth-order valence-electron chi connectivity index (χ4n) is 3.09. The Bertz CT molecular complexity index is 818. The molecule has 1 fully saturated rings. The van der Waals surface area contributed by atoms with Crippen molar-refractivity contribution in [1.82, 2.24) is 9.55 Å². The molecule has 3 rings (SSSR count). The minimum Gasteiger partial charge on any atom is -0.371 e. The van der Waals surface area contributed by atoms with Crippen LogP contribution in [0.4, 0.5) is 0 Å². The maximum Gasteiger partial charge on any atom is 0.329 e. The highest BCUT2D eigenvalue weighted by Gasteiger charge is 2.51. The Kier molecular flexibility index (Phi) is 4.48. The second-order valence-corrected chi connectivity index (χ2v) is 8.20. The molecular weight excluding hydrogens is 348 g/mol. The van der Waals surface area contributed by atoms with Crippen LogP contribution in [0.1, 0.15) is 40.7 Å². The molecule has 2 aliphatic rings. The SMILES string of the molecule is CC(C)(C)OCC1=C[C@@H](n2cc(Cl)c(=O)[nH]c2=O)[C@@H]2OC(C)(C)O[C@H]12. The van der Waals surface area contributed by atoms with Gasteiger partial charge in [-0.2, -0.15) is 0 Å². The molecule has 1 saturated heterocycles. The molecule has 1 aliphatic carbocycles. The minimum absolute atomic E-state index is 0.0536. The predicted molar refractivity (Wildman–Crippen MR) is 93.0 cm³/mol. The van der Waals surface area contributed by atoms with Gasteiger partial charge in [-0.1, -0.05) is 17.7 Å². The fourth-order valence-corrected chi connectivity index (χ4v) is 3.24. The number of halogens is 1. The molecule has 0 radical (unpaired) electrons. The first-order valence-corrected chi connectivity index (χ1v) is 8.56. The number of aromatic amines is 1. The Hall–Kier alpha value is -1.41. The number of rotatable bonds is 3.